The molecule has 0 bridgehead atoms. The largest absolute Gasteiger partial charge is 0.756 e. The lowest BCUT2D eigenvalue weighted by Gasteiger charge is -2.28. The highest BCUT2D eigenvalue weighted by molar-refractivity contribution is 7.45. The van der Waals surface area contributed by atoms with Gasteiger partial charge in [0.15, 0.2) is 6.10 Å². The lowest BCUT2D eigenvalue weighted by Crippen LogP contribution is -2.37. The van der Waals surface area contributed by atoms with Gasteiger partial charge < -0.3 is 27.9 Å². The molecule has 0 aromatic rings. The summed E-state index contributed by atoms with van der Waals surface area (Å²) in [4.78, 5) is 38.0. The number of unbranched alkanes of at least 4 members (excludes halogenated alkanes) is 29. The van der Waals surface area contributed by atoms with E-state index >= 15 is 0 Å². The number of nitrogens with zero attached hydrogens (tertiary/aromatic N) is 1. The van der Waals surface area contributed by atoms with Crippen LogP contribution in [0.2, 0.25) is 0 Å². The van der Waals surface area contributed by atoms with E-state index in [1.165, 1.54) is 148 Å². The highest BCUT2D eigenvalue weighted by Gasteiger charge is 2.22. The van der Waals surface area contributed by atoms with Crippen LogP contribution in [0.3, 0.4) is 0 Å². The SMILES string of the molecule is CC/C=C\C/C=C\C/C=C\C/C=C\C/C=C\C/C=C\C/C=C\C/C=C\C/C=C\C/C=C\CCCCCCCCCCC(=O)OC(COC(=O)CCCCCCCCCCCCCCCCCCCCCCCC)COP(=O)([O-])OCC[N+](C)(C)C. The van der Waals surface area contributed by atoms with Gasteiger partial charge in [-0.25, -0.2) is 0 Å². The summed E-state index contributed by atoms with van der Waals surface area (Å²) in [6.07, 6.45) is 92.7. The molecule has 85 heavy (non-hydrogen) atoms. The quantitative estimate of drug-likeness (QED) is 0.0195. The maximum atomic E-state index is 12.9. The molecule has 0 aromatic carbocycles. The maximum absolute atomic E-state index is 12.9. The second-order valence-electron chi connectivity index (χ2n) is 24.2. The maximum Gasteiger partial charge on any atom is 0.306 e. The molecule has 10 heteroatoms. The molecule has 0 saturated carbocycles. The number of likely N-dealkylation sites (N-methyl/N-ethyl adjacent to an activating group) is 1. The van der Waals surface area contributed by atoms with Gasteiger partial charge in [-0.2, -0.15) is 0 Å². The Morgan fingerprint density at radius 2 is 0.671 bits per heavy atom. The molecule has 2 atom stereocenters. The van der Waals surface area contributed by atoms with Gasteiger partial charge in [0.1, 0.15) is 19.8 Å². The molecule has 0 heterocycles. The molecule has 2 unspecified atom stereocenters. The molecular weight excluding hydrogens is 1070 g/mol. The van der Waals surface area contributed by atoms with Crippen molar-refractivity contribution < 1.29 is 42.1 Å². The predicted octanol–water partition coefficient (Wildman–Crippen LogP) is 22.0. The second-order valence-corrected chi connectivity index (χ2v) is 25.6. The van der Waals surface area contributed by atoms with Crippen molar-refractivity contribution in [3.63, 3.8) is 0 Å². The van der Waals surface area contributed by atoms with Gasteiger partial charge in [-0.1, -0.05) is 309 Å². The zero-order valence-corrected chi connectivity index (χ0v) is 56.4. The Balaban J connectivity index is 4.11. The number of ether oxygens (including phenoxy) is 2. The fraction of sp³-hybridized carbons (Fsp3) is 0.707. The van der Waals surface area contributed by atoms with Gasteiger partial charge in [0.05, 0.1) is 27.7 Å². The molecule has 9 nitrogen and oxygen atoms in total. The first-order valence-corrected chi connectivity index (χ1v) is 36.2. The molecule has 0 amide bonds. The van der Waals surface area contributed by atoms with Crippen molar-refractivity contribution in [2.45, 2.75) is 296 Å². The molecule has 488 valence electrons. The Bertz CT molecular complexity index is 1850. The molecule has 0 saturated heterocycles. The molecule has 0 aliphatic heterocycles. The van der Waals surface area contributed by atoms with Crippen molar-refractivity contribution in [1.82, 2.24) is 0 Å². The van der Waals surface area contributed by atoms with Crippen LogP contribution in [0.1, 0.15) is 290 Å². The predicted molar refractivity (Wildman–Crippen MR) is 365 cm³/mol. The third kappa shape index (κ3) is 69.4. The first kappa shape index (κ1) is 81.4. The summed E-state index contributed by atoms with van der Waals surface area (Å²) < 4.78 is 34.3. The van der Waals surface area contributed by atoms with Crippen LogP contribution in [0.4, 0.5) is 0 Å². The lowest BCUT2D eigenvalue weighted by molar-refractivity contribution is -0.870. The topological polar surface area (TPSA) is 111 Å². The number of hydrogen-bond acceptors (Lipinski definition) is 8. The van der Waals surface area contributed by atoms with Crippen LogP contribution in [-0.4, -0.2) is 70.0 Å². The highest BCUT2D eigenvalue weighted by Crippen LogP contribution is 2.38. The molecule has 0 N–H and O–H groups in total. The molecule has 0 rings (SSSR count). The molecule has 0 radical (unpaired) electrons. The molecule has 0 aliphatic rings. The Morgan fingerprint density at radius 3 is 1.00 bits per heavy atom. The van der Waals surface area contributed by atoms with E-state index in [2.05, 4.69) is 135 Å². The first-order chi connectivity index (χ1) is 41.5. The van der Waals surface area contributed by atoms with Crippen molar-refractivity contribution in [3.05, 3.63) is 122 Å². The lowest BCUT2D eigenvalue weighted by atomic mass is 10.0. The number of esters is 2. The van der Waals surface area contributed by atoms with Crippen LogP contribution >= 0.6 is 7.82 Å². The van der Waals surface area contributed by atoms with E-state index in [0.717, 1.165) is 109 Å². The van der Waals surface area contributed by atoms with Gasteiger partial charge in [0.2, 0.25) is 0 Å². The Hall–Kier alpha value is -3.59. The number of rotatable bonds is 63. The number of phosphoric acid groups is 1. The van der Waals surface area contributed by atoms with Crippen LogP contribution in [0.25, 0.3) is 0 Å². The van der Waals surface area contributed by atoms with Gasteiger partial charge in [-0.05, 0) is 89.9 Å². The minimum atomic E-state index is -4.65. The van der Waals surface area contributed by atoms with Crippen LogP contribution < -0.4 is 4.89 Å². The van der Waals surface area contributed by atoms with E-state index in [1.807, 2.05) is 21.1 Å². The average molecular weight is 1200 g/mol. The third-order valence-electron chi connectivity index (χ3n) is 14.7. The minimum Gasteiger partial charge on any atom is -0.756 e. The molecule has 0 aliphatic carbocycles. The van der Waals surface area contributed by atoms with E-state index < -0.39 is 26.5 Å². The standard InChI is InChI=1S/C75H130NO8P/c1-6-8-10-12-14-16-18-20-22-24-26-28-30-31-32-33-34-35-36-37-38-39-40-41-42-43-44-45-46-48-50-52-54-56-58-60-62-64-66-68-75(78)84-73(72-83-85(79,80)82-70-69-76(3,4)5)71-81-74(77)67-65-63-61-59-57-55-53-51-49-47-29-27-25-23-21-19-17-15-13-11-9-7-2/h8,10,14,16,20,22,26,28,31-32,34-35,37-38,40-41,43-44,46,48,73H,6-7,9,11-13,15,17-19,21,23-25,27,29-30,33,36,39,42,45,47,49-72H2,1-5H3/b10-8-,16-14-,22-20-,28-26-,32-31-,35-34-,38-37-,41-40-,44-43-,48-46-. The summed E-state index contributed by atoms with van der Waals surface area (Å²) in [6, 6.07) is 0. The van der Waals surface area contributed by atoms with Gasteiger partial charge in [-0.3, -0.25) is 14.2 Å². The van der Waals surface area contributed by atoms with Gasteiger partial charge in [0.25, 0.3) is 7.82 Å². The zero-order chi connectivity index (χ0) is 61.9. The number of carbonyl (C=O) groups excluding carboxylic acids is 2. The summed E-state index contributed by atoms with van der Waals surface area (Å²) >= 11 is 0. The number of allylic oxidation sites excluding steroid dienone is 20. The van der Waals surface area contributed by atoms with Crippen LogP contribution in [0.5, 0.6) is 0 Å². The monoisotopic (exact) mass is 1200 g/mol. The fourth-order valence-corrected chi connectivity index (χ4v) is 10.2. The summed E-state index contributed by atoms with van der Waals surface area (Å²) in [6.45, 7) is 4.14. The van der Waals surface area contributed by atoms with Crippen molar-refractivity contribution in [2.75, 3.05) is 47.5 Å². The van der Waals surface area contributed by atoms with Crippen molar-refractivity contribution >= 4 is 19.8 Å². The molecular formula is C75H130NO8P. The van der Waals surface area contributed by atoms with Crippen LogP contribution in [0.15, 0.2) is 122 Å². The number of hydrogen-bond donors (Lipinski definition) is 0. The Kier molecular flexibility index (Phi) is 62.1. The summed E-state index contributed by atoms with van der Waals surface area (Å²) in [7, 11) is 1.16. The smallest absolute Gasteiger partial charge is 0.306 e. The van der Waals surface area contributed by atoms with E-state index in [0.29, 0.717) is 17.4 Å². The van der Waals surface area contributed by atoms with Crippen molar-refractivity contribution in [3.8, 4) is 0 Å². The zero-order valence-electron chi connectivity index (χ0n) is 55.5. The normalized spacial score (nSPS) is 13.9. The van der Waals surface area contributed by atoms with Gasteiger partial charge in [0, 0.05) is 12.8 Å². The summed E-state index contributed by atoms with van der Waals surface area (Å²) in [5.74, 6) is -0.838. The van der Waals surface area contributed by atoms with Crippen LogP contribution in [0, 0.1) is 0 Å². The van der Waals surface area contributed by atoms with Crippen molar-refractivity contribution in [1.29, 1.82) is 0 Å². The summed E-state index contributed by atoms with van der Waals surface area (Å²) in [5.41, 5.74) is 0. The Morgan fingerprint density at radius 1 is 0.376 bits per heavy atom. The first-order valence-electron chi connectivity index (χ1n) is 34.7. The molecule has 0 fully saturated rings. The summed E-state index contributed by atoms with van der Waals surface area (Å²) in [5, 5.41) is 0. The third-order valence-corrected chi connectivity index (χ3v) is 15.7. The van der Waals surface area contributed by atoms with Crippen molar-refractivity contribution in [2.24, 2.45) is 0 Å². The minimum absolute atomic E-state index is 0.0363. The van der Waals surface area contributed by atoms with Gasteiger partial charge in [-0.15, -0.1) is 0 Å². The molecule has 0 spiro atoms. The fourth-order valence-electron chi connectivity index (χ4n) is 9.45. The van der Waals surface area contributed by atoms with E-state index in [-0.39, 0.29) is 32.0 Å². The Labute approximate surface area is 524 Å². The number of carbonyl (C=O) groups is 2. The average Bonchev–Trinajstić information content (AvgIpc) is 3.50. The van der Waals surface area contributed by atoms with E-state index in [9.17, 15) is 19.0 Å². The van der Waals surface area contributed by atoms with Crippen LogP contribution in [-0.2, 0) is 32.7 Å². The van der Waals surface area contributed by atoms with E-state index in [4.69, 9.17) is 18.5 Å². The highest BCUT2D eigenvalue weighted by atomic mass is 31.2. The molecule has 0 aromatic heterocycles. The van der Waals surface area contributed by atoms with E-state index in [1.54, 1.807) is 0 Å². The second kappa shape index (κ2) is 64.9. The number of phosphoric ester groups is 1. The van der Waals surface area contributed by atoms with Gasteiger partial charge >= 0.3 is 11.9 Å². The number of quaternary nitrogens is 1.